The maximum Gasteiger partial charge on any atom is 0.148 e. The Morgan fingerprint density at radius 1 is 1.18 bits per heavy atom. The van der Waals surface area contributed by atoms with E-state index in [0.29, 0.717) is 0 Å². The average molecular weight is 376 g/mol. The van der Waals surface area contributed by atoms with E-state index in [1.165, 1.54) is 6.26 Å². The smallest absolute Gasteiger partial charge is 0.148 e. The van der Waals surface area contributed by atoms with Gasteiger partial charge < -0.3 is 5.32 Å². The Labute approximate surface area is 147 Å². The van der Waals surface area contributed by atoms with Crippen LogP contribution in [0.2, 0.25) is 0 Å². The molecule has 0 aliphatic carbocycles. The third-order valence-corrected chi connectivity index (χ3v) is 6.04. The molecule has 8 heteroatoms. The number of halogens is 2. The Morgan fingerprint density at radius 2 is 1.77 bits per heavy atom. The molecule has 0 aromatic rings. The van der Waals surface area contributed by atoms with Crippen molar-refractivity contribution < 1.29 is 8.42 Å². The lowest BCUT2D eigenvalue weighted by Crippen LogP contribution is -2.58. The van der Waals surface area contributed by atoms with Crippen LogP contribution in [0, 0.1) is 0 Å². The highest BCUT2D eigenvalue weighted by molar-refractivity contribution is 7.90. The molecule has 5 nitrogen and oxygen atoms in total. The number of nitrogens with one attached hydrogen (secondary N) is 1. The van der Waals surface area contributed by atoms with Gasteiger partial charge in [0.1, 0.15) is 9.84 Å². The summed E-state index contributed by atoms with van der Waals surface area (Å²) in [6.07, 6.45) is 4.78. The van der Waals surface area contributed by atoms with Crippen molar-refractivity contribution in [3.05, 3.63) is 0 Å². The number of hydrogen-bond acceptors (Lipinski definition) is 5. The van der Waals surface area contributed by atoms with E-state index in [9.17, 15) is 8.42 Å². The third-order valence-electron chi connectivity index (χ3n) is 4.95. The first-order chi connectivity index (χ1) is 9.32. The van der Waals surface area contributed by atoms with Gasteiger partial charge in [-0.15, -0.1) is 24.8 Å². The molecule has 0 radical (unpaired) electrons. The van der Waals surface area contributed by atoms with Gasteiger partial charge in [0.25, 0.3) is 0 Å². The van der Waals surface area contributed by atoms with Gasteiger partial charge in [0.15, 0.2) is 0 Å². The van der Waals surface area contributed by atoms with Crippen LogP contribution in [0.1, 0.15) is 26.2 Å². The second-order valence-corrected chi connectivity index (χ2v) is 8.85. The molecule has 0 aromatic carbocycles. The minimum atomic E-state index is -2.91. The predicted octanol–water partition coefficient (Wildman–Crippen LogP) is 1.02. The molecule has 1 N–H and O–H groups in total. The van der Waals surface area contributed by atoms with Crippen molar-refractivity contribution in [2.75, 3.05) is 51.8 Å². The average Bonchev–Trinajstić information content (AvgIpc) is 2.50. The molecule has 1 unspecified atom stereocenters. The fraction of sp³-hybridized carbons (Fsp3) is 1.00. The number of piperidine rings is 1. The summed E-state index contributed by atoms with van der Waals surface area (Å²) in [7, 11) is -0.676. The van der Waals surface area contributed by atoms with Crippen LogP contribution in [0.15, 0.2) is 0 Å². The van der Waals surface area contributed by atoms with Crippen molar-refractivity contribution in [2.45, 2.75) is 37.8 Å². The summed E-state index contributed by atoms with van der Waals surface area (Å²) < 4.78 is 23.1. The molecule has 0 saturated carbocycles. The van der Waals surface area contributed by atoms with Gasteiger partial charge in [0.2, 0.25) is 0 Å². The van der Waals surface area contributed by atoms with Crippen LogP contribution in [0.5, 0.6) is 0 Å². The summed E-state index contributed by atoms with van der Waals surface area (Å²) in [5.74, 6) is 0.269. The Bertz CT molecular complexity index is 428. The monoisotopic (exact) mass is 375 g/mol. The molecule has 1 atom stereocenters. The van der Waals surface area contributed by atoms with Crippen LogP contribution in [0.4, 0.5) is 0 Å². The summed E-state index contributed by atoms with van der Waals surface area (Å²) in [5.41, 5.74) is 0.230. The van der Waals surface area contributed by atoms with Gasteiger partial charge in [-0.3, -0.25) is 9.80 Å². The number of nitrogens with zero attached hydrogens (tertiary/aromatic N) is 2. The second kappa shape index (κ2) is 9.04. The van der Waals surface area contributed by atoms with Crippen LogP contribution in [0.3, 0.4) is 0 Å². The molecular formula is C14H31Cl2N3O2S. The van der Waals surface area contributed by atoms with Crippen LogP contribution in [-0.2, 0) is 9.84 Å². The molecule has 22 heavy (non-hydrogen) atoms. The molecule has 2 saturated heterocycles. The summed E-state index contributed by atoms with van der Waals surface area (Å²) in [4.78, 5) is 4.91. The van der Waals surface area contributed by atoms with Gasteiger partial charge in [0.05, 0.1) is 5.75 Å². The Kier molecular flexibility index (Phi) is 9.21. The van der Waals surface area contributed by atoms with Gasteiger partial charge in [0, 0.05) is 24.4 Å². The van der Waals surface area contributed by atoms with Crippen molar-refractivity contribution in [3.63, 3.8) is 0 Å². The summed E-state index contributed by atoms with van der Waals surface area (Å²) in [6.45, 7) is 7.32. The lowest BCUT2D eigenvalue weighted by Gasteiger charge is -2.46. The highest BCUT2D eigenvalue weighted by Gasteiger charge is 2.40. The summed E-state index contributed by atoms with van der Waals surface area (Å²) in [6, 6.07) is 0.114. The predicted molar refractivity (Wildman–Crippen MR) is 97.3 cm³/mol. The lowest BCUT2D eigenvalue weighted by atomic mass is 9.86. The number of hydrogen-bond donors (Lipinski definition) is 1. The van der Waals surface area contributed by atoms with Crippen molar-refractivity contribution in [1.29, 1.82) is 0 Å². The maximum absolute atomic E-state index is 11.6. The molecule has 2 rings (SSSR count). The molecule has 2 aliphatic heterocycles. The normalized spacial score (nSPS) is 24.9. The highest BCUT2D eigenvalue weighted by Crippen LogP contribution is 2.29. The molecular weight excluding hydrogens is 345 g/mol. The first kappa shape index (κ1) is 22.4. The molecule has 0 amide bonds. The Morgan fingerprint density at radius 3 is 2.32 bits per heavy atom. The van der Waals surface area contributed by atoms with E-state index in [-0.39, 0.29) is 42.1 Å². The SMILES string of the molecule is CC(CS(C)(=O)=O)N1CCCN(C)C2(CCNCC2)C1.Cl.Cl. The Balaban J connectivity index is 0.00000220. The first-order valence-electron chi connectivity index (χ1n) is 7.66. The number of rotatable bonds is 3. The van der Waals surface area contributed by atoms with E-state index in [4.69, 9.17) is 0 Å². The molecule has 2 fully saturated rings. The first-order valence-corrected chi connectivity index (χ1v) is 9.72. The fourth-order valence-electron chi connectivity index (χ4n) is 3.68. The molecule has 0 aromatic heterocycles. The molecule has 134 valence electrons. The van der Waals surface area contributed by atoms with Crippen LogP contribution >= 0.6 is 24.8 Å². The topological polar surface area (TPSA) is 52.7 Å². The second-order valence-electron chi connectivity index (χ2n) is 6.66. The third kappa shape index (κ3) is 5.80. The van der Waals surface area contributed by atoms with Gasteiger partial charge in [-0.05, 0) is 59.4 Å². The van der Waals surface area contributed by atoms with Crippen LogP contribution < -0.4 is 5.32 Å². The van der Waals surface area contributed by atoms with E-state index in [0.717, 1.165) is 52.0 Å². The van der Waals surface area contributed by atoms with E-state index >= 15 is 0 Å². The largest absolute Gasteiger partial charge is 0.317 e. The zero-order chi connectivity index (χ0) is 14.8. The maximum atomic E-state index is 11.6. The zero-order valence-corrected chi connectivity index (χ0v) is 16.3. The van der Waals surface area contributed by atoms with Crippen LogP contribution in [0.25, 0.3) is 0 Å². The lowest BCUT2D eigenvalue weighted by molar-refractivity contribution is 0.0576. The van der Waals surface area contributed by atoms with E-state index < -0.39 is 9.84 Å². The highest BCUT2D eigenvalue weighted by atomic mass is 35.5. The van der Waals surface area contributed by atoms with Gasteiger partial charge in [-0.1, -0.05) is 0 Å². The standard InChI is InChI=1S/C14H29N3O2S.2ClH/c1-13(11-20(3,18)19)17-10-4-9-16(2)14(12-17)5-7-15-8-6-14;;/h13,15H,4-12H2,1-3H3;2*1H. The van der Waals surface area contributed by atoms with Gasteiger partial charge >= 0.3 is 0 Å². The fourth-order valence-corrected chi connectivity index (χ4v) is 4.76. The number of likely N-dealkylation sites (N-methyl/N-ethyl adjacent to an activating group) is 1. The summed E-state index contributed by atoms with van der Waals surface area (Å²) >= 11 is 0. The van der Waals surface area contributed by atoms with E-state index in [2.05, 4.69) is 29.1 Å². The molecule has 2 aliphatic rings. The summed E-state index contributed by atoms with van der Waals surface area (Å²) in [5, 5.41) is 3.44. The number of sulfone groups is 1. The van der Waals surface area contributed by atoms with Crippen molar-refractivity contribution in [1.82, 2.24) is 15.1 Å². The van der Waals surface area contributed by atoms with Crippen LogP contribution in [-0.4, -0.2) is 81.6 Å². The van der Waals surface area contributed by atoms with Gasteiger partial charge in [-0.2, -0.15) is 0 Å². The molecule has 2 heterocycles. The van der Waals surface area contributed by atoms with Gasteiger partial charge in [-0.25, -0.2) is 8.42 Å². The molecule has 1 spiro atoms. The van der Waals surface area contributed by atoms with E-state index in [1.807, 2.05) is 0 Å². The van der Waals surface area contributed by atoms with Crippen molar-refractivity contribution in [3.8, 4) is 0 Å². The zero-order valence-electron chi connectivity index (χ0n) is 13.9. The van der Waals surface area contributed by atoms with E-state index in [1.54, 1.807) is 0 Å². The quantitative estimate of drug-likeness (QED) is 0.797. The minimum Gasteiger partial charge on any atom is -0.317 e. The Hall–Kier alpha value is 0.410. The van der Waals surface area contributed by atoms with Crippen molar-refractivity contribution in [2.24, 2.45) is 0 Å². The minimum absolute atomic E-state index is 0. The molecule has 0 bridgehead atoms. The van der Waals surface area contributed by atoms with Crippen molar-refractivity contribution >= 4 is 34.7 Å².